The first-order chi connectivity index (χ1) is 8.00. The summed E-state index contributed by atoms with van der Waals surface area (Å²) >= 11 is 11.6. The van der Waals surface area contributed by atoms with Crippen LogP contribution in [0.25, 0.3) is 0 Å². The Morgan fingerprint density at radius 3 is 2.76 bits per heavy atom. The highest BCUT2D eigenvalue weighted by Crippen LogP contribution is 2.28. The van der Waals surface area contributed by atoms with Crippen LogP contribution in [0.5, 0.6) is 0 Å². The van der Waals surface area contributed by atoms with E-state index in [1.165, 1.54) is 0 Å². The zero-order chi connectivity index (χ0) is 12.6. The molecule has 2 N–H and O–H groups in total. The summed E-state index contributed by atoms with van der Waals surface area (Å²) in [5.74, 6) is 0. The monoisotopic (exact) mass is 426 g/mol. The largest absolute Gasteiger partial charge is 0.319 e. The van der Waals surface area contributed by atoms with E-state index >= 15 is 0 Å². The third-order valence-corrected chi connectivity index (χ3v) is 4.56. The van der Waals surface area contributed by atoms with Gasteiger partial charge in [-0.05, 0) is 56.2 Å². The molecule has 0 aliphatic rings. The Morgan fingerprint density at radius 1 is 1.53 bits per heavy atom. The first-order valence-corrected chi connectivity index (χ1v) is 7.01. The minimum Gasteiger partial charge on any atom is -0.319 e. The Labute approximate surface area is 126 Å². The van der Waals surface area contributed by atoms with Gasteiger partial charge in [-0.1, -0.05) is 22.9 Å². The minimum atomic E-state index is -0.307. The number of halogens is 3. The summed E-state index contributed by atoms with van der Waals surface area (Å²) in [6.07, 6.45) is 0. The highest BCUT2D eigenvalue weighted by Gasteiger charge is 2.18. The fourth-order valence-electron chi connectivity index (χ4n) is 1.53. The second-order valence-electron chi connectivity index (χ2n) is 3.54. The summed E-state index contributed by atoms with van der Waals surface area (Å²) < 4.78 is 3.31. The lowest BCUT2D eigenvalue weighted by molar-refractivity contribution is 0.651. The molecule has 0 fully saturated rings. The van der Waals surface area contributed by atoms with Crippen LogP contribution < -0.4 is 5.73 Å². The van der Waals surface area contributed by atoms with Crippen molar-refractivity contribution < 1.29 is 0 Å². The molecule has 0 saturated heterocycles. The summed E-state index contributed by atoms with van der Waals surface area (Å²) in [7, 11) is 1.81. The fourth-order valence-corrected chi connectivity index (χ4v) is 2.63. The molecule has 0 radical (unpaired) electrons. The van der Waals surface area contributed by atoms with E-state index in [1.807, 2.05) is 18.2 Å². The quantitative estimate of drug-likeness (QED) is 0.750. The van der Waals surface area contributed by atoms with E-state index in [9.17, 15) is 0 Å². The van der Waals surface area contributed by atoms with E-state index in [4.69, 9.17) is 17.3 Å². The van der Waals surface area contributed by atoms with E-state index in [0.717, 1.165) is 14.8 Å². The Balaban J connectivity index is 2.43. The predicted octanol–water partition coefficient (Wildman–Crippen LogP) is 2.88. The number of rotatable bonds is 2. The van der Waals surface area contributed by atoms with Crippen LogP contribution in [0.1, 0.15) is 17.3 Å². The van der Waals surface area contributed by atoms with E-state index in [0.29, 0.717) is 9.63 Å². The second-order valence-corrected chi connectivity index (χ2v) is 5.86. The lowest BCUT2D eigenvalue weighted by Crippen LogP contribution is -2.16. The maximum Gasteiger partial charge on any atom is 0.153 e. The lowest BCUT2D eigenvalue weighted by Gasteiger charge is -2.13. The molecule has 0 spiro atoms. The summed E-state index contributed by atoms with van der Waals surface area (Å²) in [5.41, 5.74) is 7.94. The van der Waals surface area contributed by atoms with Crippen molar-refractivity contribution in [3.05, 3.63) is 42.7 Å². The standard InChI is InChI=1S/C10H9BrClIN4/c1-17-9(10(11)15-16-17)8(14)5-2-3-7(13)6(12)4-5/h2-4,8H,14H2,1H3. The summed E-state index contributed by atoms with van der Waals surface area (Å²) in [6.45, 7) is 0. The highest BCUT2D eigenvalue weighted by atomic mass is 127. The average molecular weight is 427 g/mol. The van der Waals surface area contributed by atoms with Crippen LogP contribution in [0, 0.1) is 3.57 Å². The number of hydrogen-bond donors (Lipinski definition) is 1. The topological polar surface area (TPSA) is 56.7 Å². The maximum atomic E-state index is 6.19. The van der Waals surface area contributed by atoms with Gasteiger partial charge in [-0.3, -0.25) is 0 Å². The molecule has 2 rings (SSSR count). The molecule has 7 heteroatoms. The molecule has 0 saturated carbocycles. The Kier molecular flexibility index (Phi) is 4.06. The third kappa shape index (κ3) is 2.64. The van der Waals surface area contributed by atoms with E-state index in [1.54, 1.807) is 11.7 Å². The number of nitrogens with zero attached hydrogens (tertiary/aromatic N) is 3. The van der Waals surface area contributed by atoms with Crippen LogP contribution in [0.3, 0.4) is 0 Å². The Hall–Kier alpha value is -0.180. The highest BCUT2D eigenvalue weighted by molar-refractivity contribution is 14.1. The van der Waals surface area contributed by atoms with Gasteiger partial charge in [0.2, 0.25) is 0 Å². The van der Waals surface area contributed by atoms with Gasteiger partial charge in [0.15, 0.2) is 4.60 Å². The van der Waals surface area contributed by atoms with E-state index < -0.39 is 0 Å². The molecule has 1 atom stereocenters. The van der Waals surface area contributed by atoms with E-state index in [-0.39, 0.29) is 6.04 Å². The van der Waals surface area contributed by atoms with E-state index in [2.05, 4.69) is 48.8 Å². The van der Waals surface area contributed by atoms with Crippen molar-refractivity contribution in [1.29, 1.82) is 0 Å². The van der Waals surface area contributed by atoms with Gasteiger partial charge in [0, 0.05) is 10.6 Å². The Bertz CT molecular complexity index is 538. The first kappa shape index (κ1) is 13.3. The van der Waals surface area contributed by atoms with Gasteiger partial charge >= 0.3 is 0 Å². The van der Waals surface area contributed by atoms with Gasteiger partial charge in [0.05, 0.1) is 16.8 Å². The molecule has 1 aromatic carbocycles. The number of hydrogen-bond acceptors (Lipinski definition) is 3. The van der Waals surface area contributed by atoms with Crippen LogP contribution in [-0.2, 0) is 7.05 Å². The molecule has 2 aromatic rings. The molecular weight excluding hydrogens is 418 g/mol. The molecule has 1 heterocycles. The minimum absolute atomic E-state index is 0.307. The molecule has 4 nitrogen and oxygen atoms in total. The van der Waals surface area contributed by atoms with Crippen molar-refractivity contribution in [3.63, 3.8) is 0 Å². The lowest BCUT2D eigenvalue weighted by atomic mass is 10.1. The van der Waals surface area contributed by atoms with Crippen LogP contribution in [0.4, 0.5) is 0 Å². The van der Waals surface area contributed by atoms with Gasteiger partial charge in [-0.15, -0.1) is 5.10 Å². The smallest absolute Gasteiger partial charge is 0.153 e. The van der Waals surface area contributed by atoms with Gasteiger partial charge < -0.3 is 5.73 Å². The molecule has 1 aromatic heterocycles. The maximum absolute atomic E-state index is 6.19. The van der Waals surface area contributed by atoms with Crippen molar-refractivity contribution >= 4 is 50.1 Å². The normalized spacial score (nSPS) is 12.8. The molecule has 0 bridgehead atoms. The first-order valence-electron chi connectivity index (χ1n) is 4.76. The molecule has 1 unspecified atom stereocenters. The van der Waals surface area contributed by atoms with Gasteiger partial charge in [-0.2, -0.15) is 0 Å². The number of benzene rings is 1. The molecule has 17 heavy (non-hydrogen) atoms. The van der Waals surface area contributed by atoms with Crippen molar-refractivity contribution in [2.75, 3.05) is 0 Å². The summed E-state index contributed by atoms with van der Waals surface area (Å²) in [5, 5.41) is 8.52. The molecule has 90 valence electrons. The van der Waals surface area contributed by atoms with Crippen LogP contribution in [0.2, 0.25) is 5.02 Å². The molecule has 0 aliphatic heterocycles. The van der Waals surface area contributed by atoms with Crippen molar-refractivity contribution in [2.45, 2.75) is 6.04 Å². The number of aryl methyl sites for hydroxylation is 1. The summed E-state index contributed by atoms with van der Waals surface area (Å²) in [6, 6.07) is 5.46. The van der Waals surface area contributed by atoms with Gasteiger partial charge in [-0.25, -0.2) is 4.68 Å². The van der Waals surface area contributed by atoms with Gasteiger partial charge in [0.25, 0.3) is 0 Å². The van der Waals surface area contributed by atoms with Crippen molar-refractivity contribution in [1.82, 2.24) is 15.0 Å². The Morgan fingerprint density at radius 2 is 2.24 bits per heavy atom. The number of aromatic nitrogens is 3. The van der Waals surface area contributed by atoms with Crippen LogP contribution in [-0.4, -0.2) is 15.0 Å². The molecule has 0 amide bonds. The summed E-state index contributed by atoms with van der Waals surface area (Å²) in [4.78, 5) is 0. The van der Waals surface area contributed by atoms with Gasteiger partial charge in [0.1, 0.15) is 0 Å². The average Bonchev–Trinajstić information content (AvgIpc) is 2.62. The zero-order valence-electron chi connectivity index (χ0n) is 8.86. The van der Waals surface area contributed by atoms with Crippen molar-refractivity contribution in [3.8, 4) is 0 Å². The van der Waals surface area contributed by atoms with Crippen LogP contribution >= 0.6 is 50.1 Å². The predicted molar refractivity (Wildman–Crippen MR) is 78.9 cm³/mol. The van der Waals surface area contributed by atoms with Crippen molar-refractivity contribution in [2.24, 2.45) is 12.8 Å². The number of nitrogens with two attached hydrogens (primary N) is 1. The zero-order valence-corrected chi connectivity index (χ0v) is 13.4. The fraction of sp³-hybridized carbons (Fsp3) is 0.200. The second kappa shape index (κ2) is 5.21. The SMILES string of the molecule is Cn1nnc(Br)c1C(N)c1ccc(I)c(Cl)c1. The third-order valence-electron chi connectivity index (χ3n) is 2.42. The molecule has 0 aliphatic carbocycles. The van der Waals surface area contributed by atoms with Crippen LogP contribution in [0.15, 0.2) is 22.8 Å². The molecular formula is C10H9BrClIN4.